The minimum atomic E-state index is 0.258. The molecule has 3 aromatic rings. The van der Waals surface area contributed by atoms with Crippen LogP contribution < -0.4 is 9.80 Å². The molecular formula is C22H19BrN4. The van der Waals surface area contributed by atoms with Gasteiger partial charge in [-0.25, -0.2) is 0 Å². The fourth-order valence-corrected chi connectivity index (χ4v) is 4.33. The fraction of sp³-hybridized carbons (Fsp3) is 0.182. The van der Waals surface area contributed by atoms with Gasteiger partial charge >= 0.3 is 0 Å². The van der Waals surface area contributed by atoms with Gasteiger partial charge in [-0.3, -0.25) is 9.98 Å². The van der Waals surface area contributed by atoms with Crippen molar-refractivity contribution in [1.82, 2.24) is 4.98 Å². The molecule has 0 radical (unpaired) electrons. The first-order chi connectivity index (χ1) is 13.2. The third-order valence-electron chi connectivity index (χ3n) is 5.38. The van der Waals surface area contributed by atoms with Gasteiger partial charge in [0.25, 0.3) is 0 Å². The summed E-state index contributed by atoms with van der Waals surface area (Å²) in [6, 6.07) is 17.5. The summed E-state index contributed by atoms with van der Waals surface area (Å²) in [5, 5.41) is 0. The molecule has 5 heteroatoms. The van der Waals surface area contributed by atoms with Crippen LogP contribution in [-0.4, -0.2) is 17.9 Å². The van der Waals surface area contributed by atoms with E-state index in [9.17, 15) is 0 Å². The summed E-state index contributed by atoms with van der Waals surface area (Å²) in [4.78, 5) is 13.5. The predicted molar refractivity (Wildman–Crippen MR) is 115 cm³/mol. The highest BCUT2D eigenvalue weighted by atomic mass is 79.9. The van der Waals surface area contributed by atoms with Crippen LogP contribution in [0.5, 0.6) is 0 Å². The molecule has 0 aliphatic carbocycles. The largest absolute Gasteiger partial charge is 0.345 e. The van der Waals surface area contributed by atoms with Crippen molar-refractivity contribution in [2.75, 3.05) is 16.5 Å². The van der Waals surface area contributed by atoms with Gasteiger partial charge in [0.2, 0.25) is 0 Å². The highest BCUT2D eigenvalue weighted by Gasteiger charge is 2.32. The van der Waals surface area contributed by atoms with Crippen LogP contribution >= 0.6 is 15.9 Å². The predicted octanol–water partition coefficient (Wildman–Crippen LogP) is 5.78. The number of hydrogen-bond donors (Lipinski definition) is 0. The van der Waals surface area contributed by atoms with E-state index < -0.39 is 0 Å². The standard InChI is InChI=1S/C22H19BrN4/c1-15(16-3-2-4-18(23)11-16)26-14-27(19-6-8-24-9-7-19)22-13-20-17(5-10-25-20)12-21(22)26/h2-4,6-13,15H,5,14H2,1H3. The Hall–Kier alpha value is -2.66. The fourth-order valence-electron chi connectivity index (χ4n) is 3.91. The van der Waals surface area contributed by atoms with E-state index in [1.807, 2.05) is 18.6 Å². The van der Waals surface area contributed by atoms with Crippen molar-refractivity contribution in [2.24, 2.45) is 4.99 Å². The van der Waals surface area contributed by atoms with Crippen LogP contribution in [0, 0.1) is 0 Å². The van der Waals surface area contributed by atoms with Crippen LogP contribution in [0.1, 0.15) is 24.1 Å². The minimum Gasteiger partial charge on any atom is -0.345 e. The molecule has 27 heavy (non-hydrogen) atoms. The van der Waals surface area contributed by atoms with Crippen LogP contribution in [0.25, 0.3) is 0 Å². The summed E-state index contributed by atoms with van der Waals surface area (Å²) in [5.74, 6) is 0. The molecule has 1 unspecified atom stereocenters. The molecule has 0 spiro atoms. The van der Waals surface area contributed by atoms with E-state index in [0.29, 0.717) is 0 Å². The van der Waals surface area contributed by atoms with E-state index >= 15 is 0 Å². The molecule has 0 saturated heterocycles. The van der Waals surface area contributed by atoms with Crippen molar-refractivity contribution < 1.29 is 0 Å². The Morgan fingerprint density at radius 3 is 2.70 bits per heavy atom. The maximum absolute atomic E-state index is 4.56. The minimum absolute atomic E-state index is 0.258. The van der Waals surface area contributed by atoms with E-state index in [1.165, 1.54) is 22.5 Å². The van der Waals surface area contributed by atoms with Gasteiger partial charge in [0.15, 0.2) is 0 Å². The van der Waals surface area contributed by atoms with Crippen molar-refractivity contribution in [3.63, 3.8) is 0 Å². The lowest BCUT2D eigenvalue weighted by Gasteiger charge is -2.28. The summed E-state index contributed by atoms with van der Waals surface area (Å²) >= 11 is 3.61. The van der Waals surface area contributed by atoms with Gasteiger partial charge < -0.3 is 9.80 Å². The van der Waals surface area contributed by atoms with Crippen LogP contribution in [0.3, 0.4) is 0 Å². The number of pyridine rings is 1. The van der Waals surface area contributed by atoms with Crippen molar-refractivity contribution in [1.29, 1.82) is 0 Å². The molecule has 0 bridgehead atoms. The molecule has 0 amide bonds. The summed E-state index contributed by atoms with van der Waals surface area (Å²) in [5.41, 5.74) is 7.31. The summed E-state index contributed by atoms with van der Waals surface area (Å²) in [6.45, 7) is 3.07. The maximum Gasteiger partial charge on any atom is 0.0958 e. The lowest BCUT2D eigenvalue weighted by molar-refractivity contribution is 0.695. The molecule has 2 aliphatic rings. The second kappa shape index (κ2) is 6.50. The van der Waals surface area contributed by atoms with Crippen molar-refractivity contribution >= 4 is 44.9 Å². The first kappa shape index (κ1) is 16.5. The summed E-state index contributed by atoms with van der Waals surface area (Å²) < 4.78 is 1.11. The summed E-state index contributed by atoms with van der Waals surface area (Å²) in [7, 11) is 0. The molecule has 1 aromatic heterocycles. The molecule has 0 fully saturated rings. The average molecular weight is 419 g/mol. The molecule has 4 nitrogen and oxygen atoms in total. The molecule has 3 heterocycles. The van der Waals surface area contributed by atoms with E-state index in [-0.39, 0.29) is 6.04 Å². The molecule has 5 rings (SSSR count). The van der Waals surface area contributed by atoms with E-state index in [2.05, 4.69) is 91.2 Å². The highest BCUT2D eigenvalue weighted by Crippen LogP contribution is 2.47. The molecule has 2 aliphatic heterocycles. The maximum atomic E-state index is 4.56. The van der Waals surface area contributed by atoms with Crippen molar-refractivity contribution in [2.45, 2.75) is 19.4 Å². The Balaban J connectivity index is 1.61. The monoisotopic (exact) mass is 418 g/mol. The van der Waals surface area contributed by atoms with E-state index in [0.717, 1.165) is 28.9 Å². The molecule has 2 aromatic carbocycles. The Morgan fingerprint density at radius 2 is 1.89 bits per heavy atom. The van der Waals surface area contributed by atoms with E-state index in [4.69, 9.17) is 0 Å². The number of fused-ring (bicyclic) bond motifs is 2. The number of rotatable bonds is 3. The summed E-state index contributed by atoms with van der Waals surface area (Å²) in [6.07, 6.45) is 6.61. The normalized spacial score (nSPS) is 15.8. The van der Waals surface area contributed by atoms with Crippen molar-refractivity contribution in [3.05, 3.63) is 76.5 Å². The van der Waals surface area contributed by atoms with Gasteiger partial charge in [-0.1, -0.05) is 28.1 Å². The van der Waals surface area contributed by atoms with Gasteiger partial charge in [-0.05, 0) is 54.4 Å². The Bertz CT molecular complexity index is 1030. The van der Waals surface area contributed by atoms with Crippen LogP contribution in [0.4, 0.5) is 22.7 Å². The number of benzene rings is 2. The number of aliphatic imine (C=N–C) groups is 1. The number of hydrogen-bond acceptors (Lipinski definition) is 4. The lowest BCUT2D eigenvalue weighted by Crippen LogP contribution is -2.30. The van der Waals surface area contributed by atoms with Gasteiger partial charge in [0, 0.05) is 35.2 Å². The lowest BCUT2D eigenvalue weighted by atomic mass is 10.1. The molecule has 1 atom stereocenters. The first-order valence-corrected chi connectivity index (χ1v) is 9.89. The smallest absolute Gasteiger partial charge is 0.0958 e. The van der Waals surface area contributed by atoms with Crippen LogP contribution in [0.15, 0.2) is 70.4 Å². The average Bonchev–Trinajstić information content (AvgIpc) is 3.30. The third-order valence-corrected chi connectivity index (χ3v) is 5.88. The first-order valence-electron chi connectivity index (χ1n) is 9.10. The molecule has 0 N–H and O–H groups in total. The Morgan fingerprint density at radius 1 is 1.04 bits per heavy atom. The van der Waals surface area contributed by atoms with E-state index in [1.54, 1.807) is 0 Å². The Kier molecular flexibility index (Phi) is 3.97. The zero-order valence-electron chi connectivity index (χ0n) is 15.0. The third kappa shape index (κ3) is 2.82. The SMILES string of the molecule is CC(c1cccc(Br)c1)N1CN(c2ccncc2)c2cc3c(cc21)CC=N3. The topological polar surface area (TPSA) is 31.7 Å². The van der Waals surface area contributed by atoms with Crippen molar-refractivity contribution in [3.8, 4) is 0 Å². The quantitative estimate of drug-likeness (QED) is 0.540. The number of anilines is 3. The number of nitrogens with zero attached hydrogens (tertiary/aromatic N) is 4. The van der Waals surface area contributed by atoms with Gasteiger partial charge in [0.1, 0.15) is 0 Å². The van der Waals surface area contributed by atoms with Gasteiger partial charge in [-0.15, -0.1) is 0 Å². The number of aromatic nitrogens is 1. The van der Waals surface area contributed by atoms with Crippen LogP contribution in [-0.2, 0) is 6.42 Å². The van der Waals surface area contributed by atoms with Crippen LogP contribution in [0.2, 0.25) is 0 Å². The number of halogens is 1. The second-order valence-electron chi connectivity index (χ2n) is 6.96. The second-order valence-corrected chi connectivity index (χ2v) is 7.88. The molecule has 0 saturated carbocycles. The van der Waals surface area contributed by atoms with Gasteiger partial charge in [-0.2, -0.15) is 0 Å². The highest BCUT2D eigenvalue weighted by molar-refractivity contribution is 9.10. The zero-order valence-corrected chi connectivity index (χ0v) is 16.6. The zero-order chi connectivity index (χ0) is 18.4. The van der Waals surface area contributed by atoms with Gasteiger partial charge in [0.05, 0.1) is 29.8 Å². The Labute approximate surface area is 167 Å². The molecular weight excluding hydrogens is 400 g/mol. The molecule has 134 valence electrons.